The lowest BCUT2D eigenvalue weighted by molar-refractivity contribution is -0.119. The van der Waals surface area contributed by atoms with Crippen LogP contribution in [0.15, 0.2) is 43.0 Å². The molecule has 2 N–H and O–H groups in total. The van der Waals surface area contributed by atoms with Gasteiger partial charge in [-0.15, -0.1) is 11.3 Å². The van der Waals surface area contributed by atoms with Crippen molar-refractivity contribution in [1.82, 2.24) is 14.8 Å². The molecule has 0 spiro atoms. The van der Waals surface area contributed by atoms with Crippen LogP contribution in [0.5, 0.6) is 0 Å². The Morgan fingerprint density at radius 3 is 2.56 bits per heavy atom. The average molecular weight is 381 g/mol. The van der Waals surface area contributed by atoms with Crippen LogP contribution in [0, 0.1) is 0 Å². The average Bonchev–Trinajstić information content (AvgIpc) is 3.39. The van der Waals surface area contributed by atoms with Gasteiger partial charge in [-0.1, -0.05) is 0 Å². The van der Waals surface area contributed by atoms with Crippen LogP contribution in [-0.2, 0) is 17.6 Å². The molecular weight excluding hydrogens is 362 g/mol. The molecule has 2 amide bonds. The largest absolute Gasteiger partial charge is 0.324 e. The van der Waals surface area contributed by atoms with E-state index in [1.54, 1.807) is 42.5 Å². The van der Waals surface area contributed by atoms with Gasteiger partial charge >= 0.3 is 0 Å². The Balaban J connectivity index is 1.37. The lowest BCUT2D eigenvalue weighted by Crippen LogP contribution is -2.24. The first-order chi connectivity index (χ1) is 13.1. The second kappa shape index (κ2) is 7.32. The third-order valence-electron chi connectivity index (χ3n) is 4.59. The van der Waals surface area contributed by atoms with Crippen LogP contribution in [0.2, 0.25) is 0 Å². The topological polar surface area (TPSA) is 88.9 Å². The number of carbonyl (C=O) groups excluding carboxylic acids is 2. The number of benzene rings is 1. The highest BCUT2D eigenvalue weighted by Gasteiger charge is 2.19. The lowest BCUT2D eigenvalue weighted by atomic mass is 10.2. The Morgan fingerprint density at radius 2 is 1.89 bits per heavy atom. The van der Waals surface area contributed by atoms with Gasteiger partial charge in [0.05, 0.1) is 4.88 Å². The highest BCUT2D eigenvalue weighted by molar-refractivity contribution is 7.14. The fraction of sp³-hybridized carbons (Fsp3) is 0.263. The fourth-order valence-corrected chi connectivity index (χ4v) is 4.20. The molecule has 4 rings (SSSR count). The van der Waals surface area contributed by atoms with Crippen molar-refractivity contribution in [2.45, 2.75) is 32.2 Å². The highest BCUT2D eigenvalue weighted by atomic mass is 32.1. The standard InChI is InChI=1S/C19H19N5O2S/c1-12(24-11-20-10-21-24)18(25)22-14-5-7-15(8-6-14)23-19(26)17-9-13-3-2-4-16(13)27-17/h5-12H,2-4H2,1H3,(H,22,25)(H,23,26). The van der Waals surface area contributed by atoms with Gasteiger partial charge in [0.15, 0.2) is 0 Å². The van der Waals surface area contributed by atoms with Crippen molar-refractivity contribution in [2.24, 2.45) is 0 Å². The maximum Gasteiger partial charge on any atom is 0.265 e. The van der Waals surface area contributed by atoms with Gasteiger partial charge in [-0.3, -0.25) is 9.59 Å². The molecule has 1 aliphatic carbocycles. The summed E-state index contributed by atoms with van der Waals surface area (Å²) in [6, 6.07) is 8.60. The minimum atomic E-state index is -0.465. The Labute approximate surface area is 160 Å². The lowest BCUT2D eigenvalue weighted by Gasteiger charge is -2.12. The maximum absolute atomic E-state index is 12.4. The van der Waals surface area contributed by atoms with E-state index in [1.807, 2.05) is 6.07 Å². The van der Waals surface area contributed by atoms with Crippen LogP contribution in [-0.4, -0.2) is 26.6 Å². The molecule has 0 aliphatic heterocycles. The van der Waals surface area contributed by atoms with Crippen molar-refractivity contribution in [3.05, 3.63) is 58.3 Å². The van der Waals surface area contributed by atoms with Crippen molar-refractivity contribution in [3.63, 3.8) is 0 Å². The number of thiophene rings is 1. The molecule has 0 saturated carbocycles. The molecule has 0 bridgehead atoms. The number of rotatable bonds is 5. The van der Waals surface area contributed by atoms with Crippen molar-refractivity contribution in [1.29, 1.82) is 0 Å². The molecule has 0 saturated heterocycles. The van der Waals surface area contributed by atoms with E-state index < -0.39 is 6.04 Å². The molecule has 8 heteroatoms. The molecule has 1 aromatic carbocycles. The monoisotopic (exact) mass is 381 g/mol. The summed E-state index contributed by atoms with van der Waals surface area (Å²) in [6.45, 7) is 1.75. The van der Waals surface area contributed by atoms with Crippen molar-refractivity contribution < 1.29 is 9.59 Å². The minimum absolute atomic E-state index is 0.0917. The number of aromatic nitrogens is 3. The van der Waals surface area contributed by atoms with Crippen LogP contribution in [0.4, 0.5) is 11.4 Å². The van der Waals surface area contributed by atoms with Crippen molar-refractivity contribution in [2.75, 3.05) is 10.6 Å². The Morgan fingerprint density at radius 1 is 1.15 bits per heavy atom. The zero-order valence-corrected chi connectivity index (χ0v) is 15.6. The number of nitrogens with one attached hydrogen (secondary N) is 2. The summed E-state index contributed by atoms with van der Waals surface area (Å²) < 4.78 is 1.49. The van der Waals surface area contributed by atoms with Crippen LogP contribution in [0.25, 0.3) is 0 Å². The summed E-state index contributed by atoms with van der Waals surface area (Å²) in [7, 11) is 0. The van der Waals surface area contributed by atoms with Crippen molar-refractivity contribution in [3.8, 4) is 0 Å². The first-order valence-electron chi connectivity index (χ1n) is 8.78. The SMILES string of the molecule is CC(C(=O)Nc1ccc(NC(=O)c2cc3c(s2)CCC3)cc1)n1cncn1. The van der Waals surface area contributed by atoms with E-state index in [0.717, 1.165) is 17.7 Å². The van der Waals surface area contributed by atoms with Crippen LogP contribution < -0.4 is 10.6 Å². The zero-order chi connectivity index (χ0) is 18.8. The van der Waals surface area contributed by atoms with Gasteiger partial charge in [-0.2, -0.15) is 5.10 Å². The summed E-state index contributed by atoms with van der Waals surface area (Å²) in [5.74, 6) is -0.281. The van der Waals surface area contributed by atoms with Gasteiger partial charge in [0.25, 0.3) is 5.91 Å². The second-order valence-electron chi connectivity index (χ2n) is 6.48. The van der Waals surface area contributed by atoms with Gasteiger partial charge in [-0.25, -0.2) is 9.67 Å². The van der Waals surface area contributed by atoms with E-state index in [0.29, 0.717) is 11.4 Å². The van der Waals surface area contributed by atoms with E-state index in [9.17, 15) is 9.59 Å². The zero-order valence-electron chi connectivity index (χ0n) is 14.8. The minimum Gasteiger partial charge on any atom is -0.324 e. The van der Waals surface area contributed by atoms with E-state index in [1.165, 1.54) is 34.2 Å². The van der Waals surface area contributed by atoms with Crippen molar-refractivity contribution >= 4 is 34.5 Å². The summed E-state index contributed by atoms with van der Waals surface area (Å²) >= 11 is 1.58. The molecule has 2 aromatic heterocycles. The summed E-state index contributed by atoms with van der Waals surface area (Å²) in [6.07, 6.45) is 6.23. The molecule has 1 unspecified atom stereocenters. The number of hydrogen-bond donors (Lipinski definition) is 2. The first kappa shape index (κ1) is 17.4. The van der Waals surface area contributed by atoms with E-state index in [-0.39, 0.29) is 11.8 Å². The molecule has 0 radical (unpaired) electrons. The molecule has 2 heterocycles. The molecule has 3 aromatic rings. The predicted molar refractivity (Wildman–Crippen MR) is 104 cm³/mol. The first-order valence-corrected chi connectivity index (χ1v) is 9.60. The van der Waals surface area contributed by atoms with Crippen LogP contribution in [0.3, 0.4) is 0 Å². The summed E-state index contributed by atoms with van der Waals surface area (Å²) in [4.78, 5) is 30.6. The Bertz CT molecular complexity index is 941. The number of fused-ring (bicyclic) bond motifs is 1. The fourth-order valence-electron chi connectivity index (χ4n) is 3.05. The molecule has 138 valence electrons. The molecular formula is C19H19N5O2S. The van der Waals surface area contributed by atoms with Gasteiger partial charge in [0, 0.05) is 16.3 Å². The smallest absolute Gasteiger partial charge is 0.265 e. The maximum atomic E-state index is 12.4. The van der Waals surface area contributed by atoms with Gasteiger partial charge in [0.1, 0.15) is 18.7 Å². The number of nitrogens with zero attached hydrogens (tertiary/aromatic N) is 3. The number of hydrogen-bond acceptors (Lipinski definition) is 5. The van der Waals surface area contributed by atoms with Gasteiger partial charge < -0.3 is 10.6 Å². The van der Waals surface area contributed by atoms with E-state index in [2.05, 4.69) is 20.7 Å². The Hall–Kier alpha value is -3.00. The molecule has 0 fully saturated rings. The Kier molecular flexibility index (Phi) is 4.72. The summed E-state index contributed by atoms with van der Waals surface area (Å²) in [5, 5.41) is 9.71. The number of amides is 2. The van der Waals surface area contributed by atoms with Gasteiger partial charge in [-0.05, 0) is 62.1 Å². The third-order valence-corrected chi connectivity index (χ3v) is 5.83. The highest BCUT2D eigenvalue weighted by Crippen LogP contribution is 2.31. The molecule has 1 aliphatic rings. The normalized spacial score (nSPS) is 13.8. The molecule has 27 heavy (non-hydrogen) atoms. The predicted octanol–water partition coefficient (Wildman–Crippen LogP) is 3.28. The van der Waals surface area contributed by atoms with Gasteiger partial charge in [0.2, 0.25) is 5.91 Å². The van der Waals surface area contributed by atoms with Crippen LogP contribution in [0.1, 0.15) is 39.5 Å². The number of anilines is 2. The number of aryl methyl sites for hydroxylation is 2. The molecule has 1 atom stereocenters. The third kappa shape index (κ3) is 3.75. The van der Waals surface area contributed by atoms with E-state index in [4.69, 9.17) is 0 Å². The second-order valence-corrected chi connectivity index (χ2v) is 7.62. The number of carbonyl (C=O) groups is 2. The van der Waals surface area contributed by atoms with E-state index >= 15 is 0 Å². The van der Waals surface area contributed by atoms with Crippen LogP contribution >= 0.6 is 11.3 Å². The molecule has 7 nitrogen and oxygen atoms in total. The quantitative estimate of drug-likeness (QED) is 0.710. The summed E-state index contributed by atoms with van der Waals surface area (Å²) in [5.41, 5.74) is 2.65.